The number of nitrogens with one attached hydrogen (secondary N) is 5. The van der Waals surface area contributed by atoms with E-state index in [1.165, 1.54) is 33.1 Å². The molecule has 0 saturated carbocycles. The number of anilines is 2. The number of benzene rings is 4. The lowest BCUT2D eigenvalue weighted by molar-refractivity contribution is -0.149. The van der Waals surface area contributed by atoms with Gasteiger partial charge in [0.25, 0.3) is 0 Å². The number of para-hydroxylation sites is 1. The second kappa shape index (κ2) is 59.3. The fourth-order valence-corrected chi connectivity index (χ4v) is 16.2. The molecule has 0 aliphatic carbocycles. The number of likely N-dealkylation sites (N-methyl/N-ethyl adjacent to an activating group) is 3. The van der Waals surface area contributed by atoms with Gasteiger partial charge in [-0.3, -0.25) is 47.9 Å². The minimum atomic E-state index is -0.904. The van der Waals surface area contributed by atoms with Crippen LogP contribution in [0.2, 0.25) is 0 Å². The van der Waals surface area contributed by atoms with Gasteiger partial charge < -0.3 is 95.1 Å². The minimum Gasteiger partial charge on any atom is -0.445 e. The number of urea groups is 1. The number of aliphatic hydroxyl groups is 1. The van der Waals surface area contributed by atoms with Crippen LogP contribution in [0.3, 0.4) is 0 Å². The third-order valence-electron chi connectivity index (χ3n) is 23.9. The van der Waals surface area contributed by atoms with E-state index in [1.54, 1.807) is 83.9 Å². The van der Waals surface area contributed by atoms with Crippen molar-refractivity contribution in [3.05, 3.63) is 131 Å². The summed E-state index contributed by atoms with van der Waals surface area (Å²) in [5, 5.41) is 24.8. The largest absolute Gasteiger partial charge is 0.445 e. The average molecular weight is 1810 g/mol. The van der Waals surface area contributed by atoms with Crippen molar-refractivity contribution in [3.63, 3.8) is 0 Å². The first-order chi connectivity index (χ1) is 62.0. The summed E-state index contributed by atoms with van der Waals surface area (Å²) >= 11 is 0. The first kappa shape index (κ1) is 110. The van der Waals surface area contributed by atoms with Gasteiger partial charge in [-0.15, -0.1) is 0 Å². The van der Waals surface area contributed by atoms with Crippen molar-refractivity contribution < 1.29 is 95.8 Å². The van der Waals surface area contributed by atoms with E-state index in [9.17, 15) is 62.6 Å². The highest BCUT2D eigenvalue weighted by atomic mass is 16.6. The van der Waals surface area contributed by atoms with Gasteiger partial charge >= 0.3 is 12.1 Å². The number of carbonyl (C=O) groups is 12. The molecule has 4 aromatic carbocycles. The Labute approximate surface area is 770 Å². The predicted molar refractivity (Wildman–Crippen MR) is 499 cm³/mol. The number of ketones is 2. The van der Waals surface area contributed by atoms with E-state index in [1.807, 2.05) is 129 Å². The standard InChI is InChI=1S/C50H77N5O10.C49H72N6O10/c1-14-32(6)45(42(63-12)28-43(58)55-26-18-21-40(55)47(64-13)33(7)48(60)51-34(8)46(59)37-19-16-15-17-20-37)53(10)49(61)39(30(2)3)27-41(57)44(31(4)5)54(11)50(62)65-29-36-22-24-38(25-23-36)52-35(9)56;1-37(2)48(43(56)35-38(3)13-6-5-11-24-52-49(50)61)53-45(58)18-12-19-46(59)54(4)26-28-63-30-32-65-34-33-64-31-29-62-27-23-44(57)51-25-22-47(60)55-36-41-16-8-7-14-39(41)20-21-40-15-9-10-17-42(40)55/h15-17,19-20,22-25,30-34,39-40,42,44-47,59H,14,18,21,26-29H2,1-13H3,(H,51,60)(H,52,56);7-10,14-17,37-38,48H,5-6,11-13,18-19,22-36H2,1-4H3,(H,51,57)(H,53,58)(H3,50,52,61)/t32-,33+,34+,39-,40?,42+,44-,45-,46+,47+;38-,48+/m01/s1. The van der Waals surface area contributed by atoms with Crippen molar-refractivity contribution in [3.8, 4) is 11.8 Å². The Morgan fingerprint density at radius 2 is 1.22 bits per heavy atom. The van der Waals surface area contributed by atoms with E-state index >= 15 is 0 Å². The molecule has 1 fully saturated rings. The number of amides is 11. The van der Waals surface area contributed by atoms with Crippen LogP contribution < -0.4 is 37.2 Å². The maximum Gasteiger partial charge on any atom is 0.410 e. The number of ether oxygens (including phenoxy) is 7. The summed E-state index contributed by atoms with van der Waals surface area (Å²) in [6, 6.07) is 28.0. The van der Waals surface area contributed by atoms with E-state index in [2.05, 4.69) is 38.4 Å². The fourth-order valence-electron chi connectivity index (χ4n) is 16.2. The molecule has 11 amide bonds. The monoisotopic (exact) mass is 1810 g/mol. The third-order valence-corrected chi connectivity index (χ3v) is 23.9. The maximum atomic E-state index is 14.6. The number of primary amides is 1. The minimum absolute atomic E-state index is 0.0164. The van der Waals surface area contributed by atoms with Crippen LogP contribution in [-0.4, -0.2) is 252 Å². The summed E-state index contributed by atoms with van der Waals surface area (Å²) in [5.41, 5.74) is 10.5. The van der Waals surface area contributed by atoms with Gasteiger partial charge in [0.2, 0.25) is 47.3 Å². The second-order valence-corrected chi connectivity index (χ2v) is 35.1. The number of nitrogens with zero attached hydrogens (tertiary/aromatic N) is 5. The Morgan fingerprint density at radius 3 is 1.84 bits per heavy atom. The summed E-state index contributed by atoms with van der Waals surface area (Å²) in [6.07, 6.45) is 4.07. The Balaban J connectivity index is 0.000000460. The van der Waals surface area contributed by atoms with Gasteiger partial charge in [0.05, 0.1) is 126 Å². The van der Waals surface area contributed by atoms with Crippen molar-refractivity contribution in [1.29, 1.82) is 0 Å². The van der Waals surface area contributed by atoms with Gasteiger partial charge in [-0.05, 0) is 109 Å². The smallest absolute Gasteiger partial charge is 0.410 e. The van der Waals surface area contributed by atoms with Gasteiger partial charge in [0, 0.05) is 130 Å². The Morgan fingerprint density at radius 1 is 0.600 bits per heavy atom. The molecule has 130 heavy (non-hydrogen) atoms. The zero-order valence-corrected chi connectivity index (χ0v) is 80.0. The number of nitrogens with two attached hydrogens (primary N) is 1. The zero-order chi connectivity index (χ0) is 95.9. The van der Waals surface area contributed by atoms with Gasteiger partial charge in [0.15, 0.2) is 11.6 Å². The normalized spacial score (nSPS) is 15.4. The summed E-state index contributed by atoms with van der Waals surface area (Å²) in [5.74, 6) is 2.77. The first-order valence-corrected chi connectivity index (χ1v) is 46.1. The molecular formula is C99H149N11O20. The van der Waals surface area contributed by atoms with E-state index in [0.29, 0.717) is 115 Å². The molecule has 31 heteroatoms. The Kier molecular flexibility index (Phi) is 50.3. The van der Waals surface area contributed by atoms with Crippen molar-refractivity contribution in [2.24, 2.45) is 47.2 Å². The van der Waals surface area contributed by atoms with Crippen LogP contribution in [0.25, 0.3) is 0 Å². The van der Waals surface area contributed by atoms with Gasteiger partial charge in [-0.2, -0.15) is 0 Å². The van der Waals surface area contributed by atoms with Crippen LogP contribution in [-0.2, 0) is 94.3 Å². The van der Waals surface area contributed by atoms with Crippen LogP contribution in [0, 0.1) is 53.3 Å². The lowest BCUT2D eigenvalue weighted by Crippen LogP contribution is -2.55. The lowest BCUT2D eigenvalue weighted by Gasteiger charge is -2.41. The van der Waals surface area contributed by atoms with Crippen LogP contribution in [0.1, 0.15) is 213 Å². The highest BCUT2D eigenvalue weighted by Gasteiger charge is 2.44. The number of methoxy groups -OCH3 is 2. The van der Waals surface area contributed by atoms with Crippen LogP contribution in [0.15, 0.2) is 103 Å². The van der Waals surface area contributed by atoms with Crippen molar-refractivity contribution in [2.45, 2.75) is 241 Å². The lowest BCUT2D eigenvalue weighted by atomic mass is 9.83. The Hall–Kier alpha value is -10.2. The molecule has 8 N–H and O–H groups in total. The number of Topliss-reactive ketones (excluding diaryl/α,β-unsaturated/α-hetero) is 2. The number of likely N-dealkylation sites (tertiary alicyclic amines) is 1. The molecule has 0 spiro atoms. The molecule has 720 valence electrons. The van der Waals surface area contributed by atoms with Crippen LogP contribution in [0.5, 0.6) is 0 Å². The molecule has 1 saturated heterocycles. The van der Waals surface area contributed by atoms with E-state index in [4.69, 9.17) is 38.9 Å². The number of unbranched alkanes of at least 4 members (excludes halogenated alkanes) is 2. The summed E-state index contributed by atoms with van der Waals surface area (Å²) in [6.45, 7) is 27.1. The molecule has 0 aromatic heterocycles. The predicted octanol–water partition coefficient (Wildman–Crippen LogP) is 11.1. The zero-order valence-electron chi connectivity index (χ0n) is 80.0. The molecule has 0 radical (unpaired) electrons. The maximum absolute atomic E-state index is 14.6. The van der Waals surface area contributed by atoms with E-state index in [0.717, 1.165) is 54.5 Å². The third kappa shape index (κ3) is 37.9. The van der Waals surface area contributed by atoms with Crippen molar-refractivity contribution in [2.75, 3.05) is 125 Å². The summed E-state index contributed by atoms with van der Waals surface area (Å²) in [4.78, 5) is 164. The number of carbonyl (C=O) groups excluding carboxylic acids is 12. The van der Waals surface area contributed by atoms with Gasteiger partial charge in [-0.25, -0.2) is 9.59 Å². The highest BCUT2D eigenvalue weighted by Crippen LogP contribution is 2.33. The molecule has 31 nitrogen and oxygen atoms in total. The quantitative estimate of drug-likeness (QED) is 0.0159. The van der Waals surface area contributed by atoms with E-state index < -0.39 is 66.4 Å². The molecule has 12 atom stereocenters. The van der Waals surface area contributed by atoms with Crippen molar-refractivity contribution in [1.82, 2.24) is 40.9 Å². The molecule has 2 aliphatic rings. The molecule has 2 aliphatic heterocycles. The summed E-state index contributed by atoms with van der Waals surface area (Å²) < 4.78 is 39.8. The van der Waals surface area contributed by atoms with Gasteiger partial charge in [0.1, 0.15) is 6.61 Å². The highest BCUT2D eigenvalue weighted by molar-refractivity contribution is 5.96. The number of rotatable bonds is 57. The molecule has 0 bridgehead atoms. The summed E-state index contributed by atoms with van der Waals surface area (Å²) in [7, 11) is 8.00. The molecule has 2 heterocycles. The number of aliphatic hydroxyl groups excluding tert-OH is 1. The van der Waals surface area contributed by atoms with Crippen LogP contribution in [0.4, 0.5) is 21.0 Å². The van der Waals surface area contributed by atoms with Gasteiger partial charge in [-0.1, -0.05) is 180 Å². The molecule has 6 rings (SSSR count). The number of hydrogen-bond acceptors (Lipinski definition) is 20. The number of hydrogen-bond donors (Lipinski definition) is 7. The molecule has 1 unspecified atom stereocenters. The number of fused-ring (bicyclic) bond motifs is 2. The van der Waals surface area contributed by atoms with Crippen molar-refractivity contribution >= 4 is 82.3 Å². The van der Waals surface area contributed by atoms with E-state index in [-0.39, 0.29) is 153 Å². The Bertz CT molecular complexity index is 4260. The first-order valence-electron chi connectivity index (χ1n) is 46.1. The average Bonchev–Trinajstić information content (AvgIpc) is 1.51. The molecule has 4 aromatic rings. The second-order valence-electron chi connectivity index (χ2n) is 35.1. The topological polar surface area (TPSA) is 392 Å². The SMILES string of the molecule is CC(C)[C@H](NC(=O)CCCC(=O)N(C)CCOCCOCCOCCOCCC(=O)NCCC(=O)N1Cc2ccccc2C#Cc2ccccc21)C(=O)C[C@H](C)CCCCCNC(N)=O.CC[C@H](C)[C@@H]([C@@H](CC(=O)N1CCCC1[C@H](OC)[C@@H](C)C(=O)N[C@H](C)[C@@H](O)c1ccccc1)OC)N(C)C(=O)[C@@H](CC(=O)[C@H](C(C)C)N(C)C(=O)OCc1ccc(NC(C)=O)cc1)C(C)C. The fraction of sp³-hybridized carbons (Fsp3) is 0.616. The molecular weight excluding hydrogens is 1660 g/mol. The van der Waals surface area contributed by atoms with Crippen LogP contribution >= 0.6 is 0 Å².